The Morgan fingerprint density at radius 2 is 1.78 bits per heavy atom. The molecular formula is C24H22N2O. The van der Waals surface area contributed by atoms with Crippen LogP contribution in [-0.4, -0.2) is 29.0 Å². The Bertz CT molecular complexity index is 1130. The van der Waals surface area contributed by atoms with Gasteiger partial charge < -0.3 is 9.47 Å². The first-order valence-electron chi connectivity index (χ1n) is 9.56. The number of hydrogen-bond acceptors (Lipinski definition) is 1. The molecule has 1 aromatic heterocycles. The molecule has 1 unspecified atom stereocenters. The van der Waals surface area contributed by atoms with Gasteiger partial charge in [0.1, 0.15) is 0 Å². The number of aromatic nitrogens is 1. The SMILES string of the molecule is O=CN1CCC(c2cn(Cc3ccc4ccccc4c3)c3ccccc23)C1. The highest BCUT2D eigenvalue weighted by Crippen LogP contribution is 2.34. The van der Waals surface area contributed by atoms with Crippen LogP contribution in [-0.2, 0) is 11.3 Å². The molecule has 0 spiro atoms. The number of carbonyl (C=O) groups excluding carboxylic acids is 1. The summed E-state index contributed by atoms with van der Waals surface area (Å²) in [6.07, 6.45) is 4.33. The largest absolute Gasteiger partial charge is 0.345 e. The van der Waals surface area contributed by atoms with E-state index in [0.717, 1.165) is 32.5 Å². The number of likely N-dealkylation sites (tertiary alicyclic amines) is 1. The molecule has 0 aliphatic carbocycles. The molecule has 3 nitrogen and oxygen atoms in total. The first kappa shape index (κ1) is 16.1. The molecule has 1 saturated heterocycles. The minimum atomic E-state index is 0.429. The molecule has 0 radical (unpaired) electrons. The summed E-state index contributed by atoms with van der Waals surface area (Å²) < 4.78 is 2.36. The first-order chi connectivity index (χ1) is 13.3. The van der Waals surface area contributed by atoms with E-state index >= 15 is 0 Å². The Morgan fingerprint density at radius 1 is 0.963 bits per heavy atom. The van der Waals surface area contributed by atoms with E-state index in [-0.39, 0.29) is 0 Å². The van der Waals surface area contributed by atoms with Crippen LogP contribution in [0.5, 0.6) is 0 Å². The zero-order valence-electron chi connectivity index (χ0n) is 15.2. The standard InChI is InChI=1S/C24H22N2O/c27-17-25-12-11-21(15-25)23-16-26(24-8-4-3-7-22(23)24)14-18-9-10-19-5-1-2-6-20(19)13-18/h1-10,13,16-17,21H,11-12,14-15H2. The summed E-state index contributed by atoms with van der Waals surface area (Å²) >= 11 is 0. The van der Waals surface area contributed by atoms with Gasteiger partial charge in [0.05, 0.1) is 0 Å². The van der Waals surface area contributed by atoms with Crippen molar-refractivity contribution in [2.75, 3.05) is 13.1 Å². The number of para-hydroxylation sites is 1. The number of amides is 1. The highest BCUT2D eigenvalue weighted by Gasteiger charge is 2.25. The third kappa shape index (κ3) is 2.89. The molecular weight excluding hydrogens is 332 g/mol. The molecule has 3 aromatic carbocycles. The van der Waals surface area contributed by atoms with Gasteiger partial charge in [-0.15, -0.1) is 0 Å². The topological polar surface area (TPSA) is 25.2 Å². The lowest BCUT2D eigenvalue weighted by Crippen LogP contribution is -2.17. The molecule has 2 heterocycles. The van der Waals surface area contributed by atoms with Crippen LogP contribution >= 0.6 is 0 Å². The van der Waals surface area contributed by atoms with Crippen molar-refractivity contribution in [1.82, 2.24) is 9.47 Å². The summed E-state index contributed by atoms with van der Waals surface area (Å²) in [5, 5.41) is 3.87. The molecule has 1 atom stereocenters. The molecule has 1 aliphatic heterocycles. The van der Waals surface area contributed by atoms with Crippen molar-refractivity contribution in [3.05, 3.63) is 84.1 Å². The summed E-state index contributed by atoms with van der Waals surface area (Å²) in [5.41, 5.74) is 3.95. The van der Waals surface area contributed by atoms with E-state index in [1.165, 1.54) is 32.8 Å². The molecule has 1 fully saturated rings. The fraction of sp³-hybridized carbons (Fsp3) is 0.208. The molecule has 4 aromatic rings. The Hall–Kier alpha value is -3.07. The van der Waals surface area contributed by atoms with E-state index in [1.807, 2.05) is 4.90 Å². The van der Waals surface area contributed by atoms with Crippen molar-refractivity contribution in [2.24, 2.45) is 0 Å². The van der Waals surface area contributed by atoms with Gasteiger partial charge >= 0.3 is 0 Å². The Balaban J connectivity index is 1.53. The average Bonchev–Trinajstić information content (AvgIpc) is 3.33. The smallest absolute Gasteiger partial charge is 0.209 e. The first-order valence-corrected chi connectivity index (χ1v) is 9.56. The van der Waals surface area contributed by atoms with Crippen LogP contribution in [0.2, 0.25) is 0 Å². The number of hydrogen-bond donors (Lipinski definition) is 0. The molecule has 5 rings (SSSR count). The van der Waals surface area contributed by atoms with Crippen LogP contribution in [0.15, 0.2) is 72.9 Å². The minimum Gasteiger partial charge on any atom is -0.345 e. The number of fused-ring (bicyclic) bond motifs is 2. The zero-order chi connectivity index (χ0) is 18.2. The van der Waals surface area contributed by atoms with E-state index in [2.05, 4.69) is 77.5 Å². The Kier molecular flexibility index (Phi) is 3.93. The van der Waals surface area contributed by atoms with Crippen molar-refractivity contribution in [3.63, 3.8) is 0 Å². The van der Waals surface area contributed by atoms with Gasteiger partial charge in [0.15, 0.2) is 0 Å². The normalized spacial score (nSPS) is 17.0. The fourth-order valence-corrected chi connectivity index (χ4v) is 4.40. The predicted molar refractivity (Wildman–Crippen MR) is 110 cm³/mol. The molecule has 1 amide bonds. The van der Waals surface area contributed by atoms with Gasteiger partial charge in [0.2, 0.25) is 6.41 Å². The average molecular weight is 354 g/mol. The predicted octanol–water partition coefficient (Wildman–Crippen LogP) is 4.79. The monoisotopic (exact) mass is 354 g/mol. The summed E-state index contributed by atoms with van der Waals surface area (Å²) in [6, 6.07) is 23.8. The number of benzene rings is 3. The number of carbonyl (C=O) groups is 1. The molecule has 27 heavy (non-hydrogen) atoms. The molecule has 0 bridgehead atoms. The second-order valence-electron chi connectivity index (χ2n) is 7.50. The van der Waals surface area contributed by atoms with E-state index in [9.17, 15) is 4.79 Å². The van der Waals surface area contributed by atoms with Crippen molar-refractivity contribution < 1.29 is 4.79 Å². The van der Waals surface area contributed by atoms with Crippen LogP contribution in [0.4, 0.5) is 0 Å². The summed E-state index contributed by atoms with van der Waals surface area (Å²) in [4.78, 5) is 13.0. The Morgan fingerprint density at radius 3 is 2.63 bits per heavy atom. The maximum atomic E-state index is 11.1. The zero-order valence-corrected chi connectivity index (χ0v) is 15.2. The molecule has 0 saturated carbocycles. The molecule has 1 aliphatic rings. The third-order valence-corrected chi connectivity index (χ3v) is 5.79. The molecule has 0 N–H and O–H groups in total. The molecule has 134 valence electrons. The van der Waals surface area contributed by atoms with Crippen molar-refractivity contribution in [2.45, 2.75) is 18.9 Å². The lowest BCUT2D eigenvalue weighted by molar-refractivity contribution is -0.117. The maximum Gasteiger partial charge on any atom is 0.209 e. The number of nitrogens with zero attached hydrogens (tertiary/aromatic N) is 2. The quantitative estimate of drug-likeness (QED) is 0.484. The Labute approximate surface area is 158 Å². The summed E-state index contributed by atoms with van der Waals surface area (Å²) in [6.45, 7) is 2.54. The van der Waals surface area contributed by atoms with Gasteiger partial charge in [-0.1, -0.05) is 54.6 Å². The highest BCUT2D eigenvalue weighted by atomic mass is 16.1. The van der Waals surface area contributed by atoms with Crippen LogP contribution < -0.4 is 0 Å². The summed E-state index contributed by atoms with van der Waals surface area (Å²) in [7, 11) is 0. The van der Waals surface area contributed by atoms with Crippen LogP contribution in [0.1, 0.15) is 23.5 Å². The van der Waals surface area contributed by atoms with Crippen molar-refractivity contribution in [3.8, 4) is 0 Å². The summed E-state index contributed by atoms with van der Waals surface area (Å²) in [5.74, 6) is 0.429. The van der Waals surface area contributed by atoms with E-state index in [0.29, 0.717) is 5.92 Å². The lowest BCUT2D eigenvalue weighted by atomic mass is 9.98. The van der Waals surface area contributed by atoms with Gasteiger partial charge in [-0.05, 0) is 40.5 Å². The van der Waals surface area contributed by atoms with Crippen molar-refractivity contribution in [1.29, 1.82) is 0 Å². The molecule has 3 heteroatoms. The van der Waals surface area contributed by atoms with E-state index < -0.39 is 0 Å². The van der Waals surface area contributed by atoms with E-state index in [1.54, 1.807) is 0 Å². The van der Waals surface area contributed by atoms with Gasteiger partial charge in [0.25, 0.3) is 0 Å². The van der Waals surface area contributed by atoms with Gasteiger partial charge in [0, 0.05) is 42.7 Å². The van der Waals surface area contributed by atoms with Gasteiger partial charge in [-0.2, -0.15) is 0 Å². The maximum absolute atomic E-state index is 11.1. The fourth-order valence-electron chi connectivity index (χ4n) is 4.40. The van der Waals surface area contributed by atoms with Crippen LogP contribution in [0.25, 0.3) is 21.7 Å². The second kappa shape index (κ2) is 6.58. The van der Waals surface area contributed by atoms with Crippen LogP contribution in [0.3, 0.4) is 0 Å². The third-order valence-electron chi connectivity index (χ3n) is 5.79. The second-order valence-corrected chi connectivity index (χ2v) is 7.50. The number of rotatable bonds is 4. The lowest BCUT2D eigenvalue weighted by Gasteiger charge is -2.09. The van der Waals surface area contributed by atoms with Gasteiger partial charge in [-0.25, -0.2) is 0 Å². The van der Waals surface area contributed by atoms with Crippen molar-refractivity contribution >= 4 is 28.1 Å². The minimum absolute atomic E-state index is 0.429. The highest BCUT2D eigenvalue weighted by molar-refractivity contribution is 5.85. The van der Waals surface area contributed by atoms with E-state index in [4.69, 9.17) is 0 Å². The van der Waals surface area contributed by atoms with Gasteiger partial charge in [-0.3, -0.25) is 4.79 Å². The van der Waals surface area contributed by atoms with Crippen LogP contribution in [0, 0.1) is 0 Å².